The second kappa shape index (κ2) is 9.36. The molecule has 1 amide bonds. The second-order valence-corrected chi connectivity index (χ2v) is 5.87. The van der Waals surface area contributed by atoms with Crippen molar-refractivity contribution in [2.45, 2.75) is 6.54 Å². The summed E-state index contributed by atoms with van der Waals surface area (Å²) in [5.74, 6) is 1.78. The van der Waals surface area contributed by atoms with Crippen LogP contribution in [0.1, 0.15) is 5.69 Å². The van der Waals surface area contributed by atoms with E-state index in [2.05, 4.69) is 15.3 Å². The predicted molar refractivity (Wildman–Crippen MR) is 104 cm³/mol. The molecule has 7 heteroatoms. The molecule has 0 unspecified atom stereocenters. The van der Waals surface area contributed by atoms with Crippen LogP contribution in [0.5, 0.6) is 17.2 Å². The lowest BCUT2D eigenvalue weighted by Gasteiger charge is -2.09. The highest BCUT2D eigenvalue weighted by Crippen LogP contribution is 2.21. The lowest BCUT2D eigenvalue weighted by Crippen LogP contribution is -2.28. The van der Waals surface area contributed by atoms with Crippen molar-refractivity contribution < 1.29 is 19.0 Å². The third kappa shape index (κ3) is 5.20. The van der Waals surface area contributed by atoms with E-state index in [-0.39, 0.29) is 19.1 Å². The Kier molecular flexibility index (Phi) is 6.41. The summed E-state index contributed by atoms with van der Waals surface area (Å²) in [6.45, 7) is 0.190. The number of carbonyl (C=O) groups excluding carboxylic acids is 1. The molecule has 0 aliphatic heterocycles. The maximum Gasteiger partial charge on any atom is 0.258 e. The fourth-order valence-electron chi connectivity index (χ4n) is 2.49. The van der Waals surface area contributed by atoms with Gasteiger partial charge in [-0.2, -0.15) is 0 Å². The van der Waals surface area contributed by atoms with Gasteiger partial charge in [-0.25, -0.2) is 9.97 Å². The van der Waals surface area contributed by atoms with Crippen molar-refractivity contribution in [1.82, 2.24) is 15.3 Å². The number of methoxy groups -OCH3 is 2. The van der Waals surface area contributed by atoms with E-state index in [9.17, 15) is 4.79 Å². The Labute approximate surface area is 163 Å². The number of aromatic nitrogens is 2. The lowest BCUT2D eigenvalue weighted by atomic mass is 10.1. The van der Waals surface area contributed by atoms with Gasteiger partial charge in [0.2, 0.25) is 0 Å². The first kappa shape index (κ1) is 19.2. The van der Waals surface area contributed by atoms with E-state index in [1.54, 1.807) is 32.4 Å². The minimum atomic E-state index is -0.243. The Morgan fingerprint density at radius 1 is 0.929 bits per heavy atom. The largest absolute Gasteiger partial charge is 0.497 e. The van der Waals surface area contributed by atoms with E-state index in [0.29, 0.717) is 17.2 Å². The van der Waals surface area contributed by atoms with Crippen LogP contribution in [0, 0.1) is 0 Å². The molecule has 0 bridgehead atoms. The van der Waals surface area contributed by atoms with Crippen LogP contribution in [0.15, 0.2) is 60.9 Å². The average Bonchev–Trinajstić information content (AvgIpc) is 2.76. The zero-order valence-corrected chi connectivity index (χ0v) is 15.7. The summed E-state index contributed by atoms with van der Waals surface area (Å²) in [7, 11) is 3.20. The first-order valence-corrected chi connectivity index (χ1v) is 8.67. The van der Waals surface area contributed by atoms with Crippen molar-refractivity contribution in [2.75, 3.05) is 20.8 Å². The molecule has 1 N–H and O–H groups in total. The molecule has 144 valence electrons. The Morgan fingerprint density at radius 3 is 2.43 bits per heavy atom. The number of benzene rings is 2. The minimum Gasteiger partial charge on any atom is -0.497 e. The van der Waals surface area contributed by atoms with Gasteiger partial charge in [0, 0.05) is 11.6 Å². The first-order valence-electron chi connectivity index (χ1n) is 8.67. The number of hydrogen-bond donors (Lipinski definition) is 1. The van der Waals surface area contributed by atoms with Gasteiger partial charge in [0.25, 0.3) is 5.91 Å². The maximum atomic E-state index is 12.0. The van der Waals surface area contributed by atoms with Crippen LogP contribution in [0.4, 0.5) is 0 Å². The molecule has 0 spiro atoms. The molecular weight excluding hydrogens is 358 g/mol. The third-order valence-corrected chi connectivity index (χ3v) is 3.99. The summed E-state index contributed by atoms with van der Waals surface area (Å²) in [4.78, 5) is 20.5. The summed E-state index contributed by atoms with van der Waals surface area (Å²) in [6, 6.07) is 16.5. The van der Waals surface area contributed by atoms with Gasteiger partial charge in [0.05, 0.1) is 32.2 Å². The molecule has 0 atom stereocenters. The second-order valence-electron chi connectivity index (χ2n) is 5.87. The van der Waals surface area contributed by atoms with Crippen molar-refractivity contribution in [1.29, 1.82) is 0 Å². The van der Waals surface area contributed by atoms with Gasteiger partial charge in [0.1, 0.15) is 23.6 Å². The Morgan fingerprint density at radius 2 is 1.68 bits per heavy atom. The topological polar surface area (TPSA) is 82.6 Å². The van der Waals surface area contributed by atoms with Gasteiger partial charge in [-0.1, -0.05) is 6.07 Å². The van der Waals surface area contributed by atoms with Gasteiger partial charge in [0.15, 0.2) is 6.61 Å². The van der Waals surface area contributed by atoms with E-state index < -0.39 is 0 Å². The average molecular weight is 379 g/mol. The molecule has 3 aromatic rings. The highest BCUT2D eigenvalue weighted by atomic mass is 16.5. The fourth-order valence-corrected chi connectivity index (χ4v) is 2.49. The van der Waals surface area contributed by atoms with Crippen molar-refractivity contribution in [2.24, 2.45) is 0 Å². The van der Waals surface area contributed by atoms with Crippen LogP contribution in [-0.4, -0.2) is 36.7 Å². The third-order valence-electron chi connectivity index (χ3n) is 3.99. The maximum absolute atomic E-state index is 12.0. The summed E-state index contributed by atoms with van der Waals surface area (Å²) in [5.41, 5.74) is 2.42. The van der Waals surface area contributed by atoms with Crippen molar-refractivity contribution in [3.8, 4) is 28.5 Å². The van der Waals surface area contributed by atoms with Crippen molar-refractivity contribution in [3.05, 3.63) is 66.6 Å². The van der Waals surface area contributed by atoms with E-state index in [0.717, 1.165) is 17.0 Å². The predicted octanol–water partition coefficient (Wildman–Crippen LogP) is 2.86. The van der Waals surface area contributed by atoms with E-state index in [1.165, 1.54) is 6.33 Å². The van der Waals surface area contributed by atoms with Crippen molar-refractivity contribution in [3.63, 3.8) is 0 Å². The number of rotatable bonds is 8. The molecular formula is C21H21N3O4. The SMILES string of the molecule is COc1ccc(-c2cc(CNC(=O)COc3cccc(OC)c3)ncn2)cc1. The van der Waals surface area contributed by atoms with E-state index >= 15 is 0 Å². The number of ether oxygens (including phenoxy) is 3. The van der Waals surface area contributed by atoms with Crippen LogP contribution in [0.25, 0.3) is 11.3 Å². The highest BCUT2D eigenvalue weighted by molar-refractivity contribution is 5.77. The number of amides is 1. The van der Waals surface area contributed by atoms with Gasteiger partial charge in [-0.3, -0.25) is 4.79 Å². The zero-order chi connectivity index (χ0) is 19.8. The van der Waals surface area contributed by atoms with Crippen LogP contribution in [0.3, 0.4) is 0 Å². The first-order chi connectivity index (χ1) is 13.7. The number of carbonyl (C=O) groups is 1. The summed E-state index contributed by atoms with van der Waals surface area (Å²) >= 11 is 0. The fraction of sp³-hybridized carbons (Fsp3) is 0.190. The number of hydrogen-bond acceptors (Lipinski definition) is 6. The molecule has 0 radical (unpaired) electrons. The number of nitrogens with one attached hydrogen (secondary N) is 1. The van der Waals surface area contributed by atoms with E-state index in [4.69, 9.17) is 14.2 Å². The van der Waals surface area contributed by atoms with Gasteiger partial charge >= 0.3 is 0 Å². The monoisotopic (exact) mass is 379 g/mol. The molecule has 1 aromatic heterocycles. The molecule has 0 aliphatic carbocycles. The molecule has 0 saturated carbocycles. The Balaban J connectivity index is 1.54. The smallest absolute Gasteiger partial charge is 0.258 e. The Hall–Kier alpha value is -3.61. The van der Waals surface area contributed by atoms with Crippen LogP contribution < -0.4 is 19.5 Å². The van der Waals surface area contributed by atoms with Crippen LogP contribution in [0.2, 0.25) is 0 Å². The summed E-state index contributed by atoms with van der Waals surface area (Å²) in [5, 5.41) is 2.79. The molecule has 7 nitrogen and oxygen atoms in total. The van der Waals surface area contributed by atoms with Crippen molar-refractivity contribution >= 4 is 5.91 Å². The van der Waals surface area contributed by atoms with Gasteiger partial charge in [-0.15, -0.1) is 0 Å². The van der Waals surface area contributed by atoms with Gasteiger partial charge < -0.3 is 19.5 Å². The lowest BCUT2D eigenvalue weighted by molar-refractivity contribution is -0.123. The number of nitrogens with zero attached hydrogens (tertiary/aromatic N) is 2. The molecule has 3 rings (SSSR count). The molecule has 1 heterocycles. The molecule has 28 heavy (non-hydrogen) atoms. The van der Waals surface area contributed by atoms with E-state index in [1.807, 2.05) is 36.4 Å². The minimum absolute atomic E-state index is 0.0937. The summed E-state index contributed by atoms with van der Waals surface area (Å²) < 4.78 is 15.8. The highest BCUT2D eigenvalue weighted by Gasteiger charge is 2.06. The standard InChI is InChI=1S/C21H21N3O4/c1-26-17-8-6-15(7-9-17)20-10-16(23-14-24-20)12-22-21(25)13-28-19-5-3-4-18(11-19)27-2/h3-11,14H,12-13H2,1-2H3,(H,22,25). The van der Waals surface area contributed by atoms with Gasteiger partial charge in [-0.05, 0) is 42.5 Å². The summed E-state index contributed by atoms with van der Waals surface area (Å²) in [6.07, 6.45) is 1.48. The normalized spacial score (nSPS) is 10.2. The molecule has 0 saturated heterocycles. The van der Waals surface area contributed by atoms with Crippen LogP contribution in [-0.2, 0) is 11.3 Å². The molecule has 0 aliphatic rings. The Bertz CT molecular complexity index is 929. The molecule has 2 aromatic carbocycles. The molecule has 0 fully saturated rings. The zero-order valence-electron chi connectivity index (χ0n) is 15.7. The van der Waals surface area contributed by atoms with Crippen LogP contribution >= 0.6 is 0 Å². The quantitative estimate of drug-likeness (QED) is 0.648.